The fourth-order valence-electron chi connectivity index (χ4n) is 4.63. The molecule has 8 heteroatoms. The van der Waals surface area contributed by atoms with Gasteiger partial charge in [0.15, 0.2) is 5.82 Å². The number of carbonyl (C=O) groups is 1. The van der Waals surface area contributed by atoms with E-state index in [4.69, 9.17) is 10.8 Å². The third kappa shape index (κ3) is 5.15. The molecule has 0 aliphatic carbocycles. The Hall–Kier alpha value is -3.03. The van der Waals surface area contributed by atoms with E-state index < -0.39 is 0 Å². The molecular formula is C25H37N7O. The Morgan fingerprint density at radius 2 is 1.94 bits per heavy atom. The molecule has 1 saturated heterocycles. The van der Waals surface area contributed by atoms with Gasteiger partial charge in [0.05, 0.1) is 10.9 Å². The number of aryl methyl sites for hydroxylation is 1. The van der Waals surface area contributed by atoms with E-state index in [-0.39, 0.29) is 11.6 Å². The smallest absolute Gasteiger partial charge is 0.317 e. The zero-order valence-electron chi connectivity index (χ0n) is 20.3. The van der Waals surface area contributed by atoms with Crippen molar-refractivity contribution in [2.45, 2.75) is 65.5 Å². The van der Waals surface area contributed by atoms with Gasteiger partial charge in [0.2, 0.25) is 0 Å². The lowest BCUT2D eigenvalue weighted by Gasteiger charge is -2.34. The van der Waals surface area contributed by atoms with Crippen molar-refractivity contribution in [2.24, 2.45) is 5.92 Å². The number of para-hydroxylation sites is 1. The van der Waals surface area contributed by atoms with Crippen LogP contribution in [0.2, 0.25) is 0 Å². The molecule has 1 fully saturated rings. The Labute approximate surface area is 195 Å². The quantitative estimate of drug-likeness (QED) is 0.508. The number of anilines is 2. The molecule has 4 rings (SSSR count). The number of nitrogen functional groups attached to an aromatic ring is 1. The molecule has 4 N–H and O–H groups in total. The number of amides is 2. The predicted molar refractivity (Wildman–Crippen MR) is 135 cm³/mol. The van der Waals surface area contributed by atoms with Crippen molar-refractivity contribution in [3.05, 3.63) is 24.3 Å². The predicted octanol–water partition coefficient (Wildman–Crippen LogP) is 4.60. The molecule has 0 radical (unpaired) electrons. The topological polar surface area (TPSA) is 101 Å². The summed E-state index contributed by atoms with van der Waals surface area (Å²) in [4.78, 5) is 18.9. The Morgan fingerprint density at radius 1 is 1.21 bits per heavy atom. The molecular weight excluding hydrogens is 414 g/mol. The zero-order valence-corrected chi connectivity index (χ0v) is 20.3. The first-order valence-corrected chi connectivity index (χ1v) is 12.1. The number of pyridine rings is 1. The number of carbonyl (C=O) groups excluding carboxylic acids is 1. The molecule has 8 nitrogen and oxygen atoms in total. The van der Waals surface area contributed by atoms with Gasteiger partial charge in [-0.1, -0.05) is 25.1 Å². The molecule has 0 saturated carbocycles. The van der Waals surface area contributed by atoms with E-state index in [0.717, 1.165) is 79.5 Å². The van der Waals surface area contributed by atoms with E-state index in [2.05, 4.69) is 28.6 Å². The second-order valence-corrected chi connectivity index (χ2v) is 10.1. The van der Waals surface area contributed by atoms with Crippen LogP contribution in [0.25, 0.3) is 21.8 Å². The normalized spacial score (nSPS) is 15.3. The Kier molecular flexibility index (Phi) is 6.63. The van der Waals surface area contributed by atoms with Gasteiger partial charge in [0, 0.05) is 37.1 Å². The van der Waals surface area contributed by atoms with Gasteiger partial charge >= 0.3 is 6.03 Å². The van der Waals surface area contributed by atoms with Crippen LogP contribution in [-0.2, 0) is 6.54 Å². The SMILES string of the molecule is CCCn1nc2c(N)nc3ccccc3c2c1NCCC1CCN(C(=O)NC(C)(C)C)CC1. The average Bonchev–Trinajstić information content (AvgIpc) is 3.12. The second kappa shape index (κ2) is 9.45. The molecule has 1 aliphatic rings. The maximum absolute atomic E-state index is 12.4. The van der Waals surface area contributed by atoms with E-state index in [1.54, 1.807) is 0 Å². The monoisotopic (exact) mass is 451 g/mol. The van der Waals surface area contributed by atoms with Crippen molar-refractivity contribution in [3.63, 3.8) is 0 Å². The summed E-state index contributed by atoms with van der Waals surface area (Å²) in [5.74, 6) is 2.11. The first-order valence-electron chi connectivity index (χ1n) is 12.1. The van der Waals surface area contributed by atoms with E-state index in [0.29, 0.717) is 11.7 Å². The molecule has 0 bridgehead atoms. The number of hydrogen-bond acceptors (Lipinski definition) is 5. The number of fused-ring (bicyclic) bond motifs is 3. The number of likely N-dealkylation sites (tertiary alicyclic amines) is 1. The minimum Gasteiger partial charge on any atom is -0.382 e. The van der Waals surface area contributed by atoms with Crippen LogP contribution < -0.4 is 16.4 Å². The standard InChI is InChI=1S/C25H37N7O/c1-5-14-32-23(20-18-8-6-7-9-19(18)28-22(26)21(20)30-32)27-13-10-17-11-15-31(16-12-17)24(33)29-25(2,3)4/h6-9,17,27H,5,10-16H2,1-4H3,(H2,26,28)(H,29,33). The summed E-state index contributed by atoms with van der Waals surface area (Å²) in [6.45, 7) is 11.5. The van der Waals surface area contributed by atoms with Crippen LogP contribution in [0.3, 0.4) is 0 Å². The van der Waals surface area contributed by atoms with Crippen molar-refractivity contribution < 1.29 is 4.79 Å². The van der Waals surface area contributed by atoms with Gasteiger partial charge in [-0.05, 0) is 58.4 Å². The highest BCUT2D eigenvalue weighted by atomic mass is 16.2. The van der Waals surface area contributed by atoms with Gasteiger partial charge in [-0.2, -0.15) is 5.10 Å². The van der Waals surface area contributed by atoms with Crippen LogP contribution in [0.15, 0.2) is 24.3 Å². The largest absolute Gasteiger partial charge is 0.382 e. The first kappa shape index (κ1) is 23.1. The lowest BCUT2D eigenvalue weighted by atomic mass is 9.93. The van der Waals surface area contributed by atoms with Crippen molar-refractivity contribution in [3.8, 4) is 0 Å². The number of nitrogens with zero attached hydrogens (tertiary/aromatic N) is 4. The van der Waals surface area contributed by atoms with Crippen LogP contribution in [-0.4, -0.2) is 50.9 Å². The van der Waals surface area contributed by atoms with Crippen LogP contribution in [0, 0.1) is 5.92 Å². The second-order valence-electron chi connectivity index (χ2n) is 10.1. The number of benzene rings is 1. The minimum atomic E-state index is -0.203. The van der Waals surface area contributed by atoms with Crippen molar-refractivity contribution in [1.29, 1.82) is 0 Å². The van der Waals surface area contributed by atoms with E-state index in [1.807, 2.05) is 48.6 Å². The van der Waals surface area contributed by atoms with E-state index in [1.165, 1.54) is 0 Å². The van der Waals surface area contributed by atoms with Gasteiger partial charge < -0.3 is 21.3 Å². The molecule has 33 heavy (non-hydrogen) atoms. The molecule has 0 unspecified atom stereocenters. The molecule has 2 amide bonds. The zero-order chi connectivity index (χ0) is 23.6. The van der Waals surface area contributed by atoms with Gasteiger partial charge in [0.1, 0.15) is 11.3 Å². The molecule has 0 spiro atoms. The minimum absolute atomic E-state index is 0.0482. The van der Waals surface area contributed by atoms with Crippen LogP contribution in [0.4, 0.5) is 16.4 Å². The maximum Gasteiger partial charge on any atom is 0.317 e. The number of nitrogens with one attached hydrogen (secondary N) is 2. The summed E-state index contributed by atoms with van der Waals surface area (Å²) in [6.07, 6.45) is 4.12. The number of hydrogen-bond donors (Lipinski definition) is 3. The maximum atomic E-state index is 12.4. The Bertz CT molecular complexity index is 1120. The fourth-order valence-corrected chi connectivity index (χ4v) is 4.63. The number of aromatic nitrogens is 3. The van der Waals surface area contributed by atoms with E-state index >= 15 is 0 Å². The molecule has 1 aromatic carbocycles. The third-order valence-corrected chi connectivity index (χ3v) is 6.27. The van der Waals surface area contributed by atoms with Crippen LogP contribution >= 0.6 is 0 Å². The Morgan fingerprint density at radius 3 is 2.64 bits per heavy atom. The Balaban J connectivity index is 1.44. The lowest BCUT2D eigenvalue weighted by molar-refractivity contribution is 0.162. The van der Waals surface area contributed by atoms with Crippen LogP contribution in [0.5, 0.6) is 0 Å². The summed E-state index contributed by atoms with van der Waals surface area (Å²) in [6, 6.07) is 8.15. The molecule has 0 atom stereocenters. The third-order valence-electron chi connectivity index (χ3n) is 6.27. The average molecular weight is 452 g/mol. The van der Waals surface area contributed by atoms with Crippen LogP contribution in [0.1, 0.15) is 53.4 Å². The fraction of sp³-hybridized carbons (Fsp3) is 0.560. The highest BCUT2D eigenvalue weighted by molar-refractivity contribution is 6.13. The van der Waals surface area contributed by atoms with Crippen molar-refractivity contribution >= 4 is 39.5 Å². The summed E-state index contributed by atoms with van der Waals surface area (Å²) < 4.78 is 2.04. The summed E-state index contributed by atoms with van der Waals surface area (Å²) in [5, 5.41) is 13.7. The number of rotatable bonds is 6. The highest BCUT2D eigenvalue weighted by Crippen LogP contribution is 2.34. The van der Waals surface area contributed by atoms with Gasteiger partial charge in [0.25, 0.3) is 0 Å². The lowest BCUT2D eigenvalue weighted by Crippen LogP contribution is -2.50. The molecule has 1 aliphatic heterocycles. The van der Waals surface area contributed by atoms with Crippen molar-refractivity contribution in [2.75, 3.05) is 30.7 Å². The molecule has 3 heterocycles. The highest BCUT2D eigenvalue weighted by Gasteiger charge is 2.25. The van der Waals surface area contributed by atoms with Gasteiger partial charge in [-0.3, -0.25) is 0 Å². The number of urea groups is 1. The number of nitrogens with two attached hydrogens (primary N) is 1. The van der Waals surface area contributed by atoms with E-state index in [9.17, 15) is 4.79 Å². The molecule has 178 valence electrons. The van der Waals surface area contributed by atoms with Crippen molar-refractivity contribution in [1.82, 2.24) is 25.0 Å². The summed E-state index contributed by atoms with van der Waals surface area (Å²) in [5.41, 5.74) is 7.72. The summed E-state index contributed by atoms with van der Waals surface area (Å²) in [7, 11) is 0. The van der Waals surface area contributed by atoms with Gasteiger partial charge in [-0.25, -0.2) is 14.5 Å². The number of piperidine rings is 1. The molecule has 2 aromatic heterocycles. The van der Waals surface area contributed by atoms with Gasteiger partial charge in [-0.15, -0.1) is 0 Å². The first-order chi connectivity index (χ1) is 15.8. The summed E-state index contributed by atoms with van der Waals surface area (Å²) >= 11 is 0. The molecule has 3 aromatic rings.